The lowest BCUT2D eigenvalue weighted by atomic mass is 9.85. The van der Waals surface area contributed by atoms with Crippen molar-refractivity contribution in [3.63, 3.8) is 0 Å². The SMILES string of the molecule is c1ccc(-c2cc(-c3ccccc3)cc(N(c3ccc4c(-c5ccccc5)c(-c5ccccc5)c5ccccc5c4c3)c3ccc(-c4ccccc4)cc3-c3ccccc3)c2)cc1. The van der Waals surface area contributed by atoms with Gasteiger partial charge in [-0.1, -0.05) is 218 Å². The van der Waals surface area contributed by atoms with Crippen LogP contribution in [-0.4, -0.2) is 0 Å². The minimum absolute atomic E-state index is 1.08. The molecule has 0 heterocycles. The molecule has 0 bridgehead atoms. The summed E-state index contributed by atoms with van der Waals surface area (Å²) in [6.45, 7) is 0. The van der Waals surface area contributed by atoms with Crippen LogP contribution >= 0.6 is 0 Å². The van der Waals surface area contributed by atoms with Gasteiger partial charge in [0.15, 0.2) is 0 Å². The molecule has 0 radical (unpaired) electrons. The molecule has 0 N–H and O–H groups in total. The summed E-state index contributed by atoms with van der Waals surface area (Å²) in [5.41, 5.74) is 17.5. The first kappa shape index (κ1) is 37.7. The molecule has 0 amide bonds. The molecule has 0 aliphatic carbocycles. The molecule has 0 saturated carbocycles. The normalized spacial score (nSPS) is 11.2. The predicted molar refractivity (Wildman–Crippen MR) is 269 cm³/mol. The fourth-order valence-corrected chi connectivity index (χ4v) is 9.28. The van der Waals surface area contributed by atoms with E-state index in [1.807, 2.05) is 0 Å². The highest BCUT2D eigenvalue weighted by Crippen LogP contribution is 2.49. The van der Waals surface area contributed by atoms with E-state index >= 15 is 0 Å². The van der Waals surface area contributed by atoms with E-state index in [0.29, 0.717) is 0 Å². The summed E-state index contributed by atoms with van der Waals surface area (Å²) >= 11 is 0. The highest BCUT2D eigenvalue weighted by molar-refractivity contribution is 6.22. The van der Waals surface area contributed by atoms with Crippen molar-refractivity contribution in [1.82, 2.24) is 0 Å². The molecule has 0 spiro atoms. The van der Waals surface area contributed by atoms with Gasteiger partial charge in [-0.15, -0.1) is 0 Å². The van der Waals surface area contributed by atoms with Gasteiger partial charge in [-0.3, -0.25) is 0 Å². The van der Waals surface area contributed by atoms with Crippen LogP contribution in [0.1, 0.15) is 0 Å². The number of anilines is 3. The van der Waals surface area contributed by atoms with Crippen molar-refractivity contribution < 1.29 is 0 Å². The summed E-state index contributed by atoms with van der Waals surface area (Å²) < 4.78 is 0. The maximum Gasteiger partial charge on any atom is 0.0540 e. The third-order valence-corrected chi connectivity index (χ3v) is 12.2. The minimum atomic E-state index is 1.08. The van der Waals surface area contributed by atoms with Crippen LogP contribution in [0.25, 0.3) is 88.3 Å². The van der Waals surface area contributed by atoms with Crippen LogP contribution in [0.5, 0.6) is 0 Å². The van der Waals surface area contributed by atoms with Crippen molar-refractivity contribution in [2.75, 3.05) is 4.90 Å². The summed E-state index contributed by atoms with van der Waals surface area (Å²) in [5.74, 6) is 0. The Bertz CT molecular complexity index is 3290. The molecule has 11 aromatic carbocycles. The average molecular weight is 802 g/mol. The van der Waals surface area contributed by atoms with Gasteiger partial charge in [0.25, 0.3) is 0 Å². The van der Waals surface area contributed by atoms with Crippen molar-refractivity contribution in [3.05, 3.63) is 261 Å². The fraction of sp³-hybridized carbons (Fsp3) is 0. The number of nitrogens with zero attached hydrogens (tertiary/aromatic N) is 1. The summed E-state index contributed by atoms with van der Waals surface area (Å²) in [6.07, 6.45) is 0. The van der Waals surface area contributed by atoms with Gasteiger partial charge in [0.1, 0.15) is 0 Å². The Morgan fingerprint density at radius 2 is 0.619 bits per heavy atom. The van der Waals surface area contributed by atoms with Crippen LogP contribution in [0.3, 0.4) is 0 Å². The zero-order valence-electron chi connectivity index (χ0n) is 34.8. The molecule has 11 aromatic rings. The largest absolute Gasteiger partial charge is 0.310 e. The van der Waals surface area contributed by atoms with Gasteiger partial charge in [0, 0.05) is 16.9 Å². The molecule has 0 saturated heterocycles. The smallest absolute Gasteiger partial charge is 0.0540 e. The van der Waals surface area contributed by atoms with Crippen LogP contribution in [-0.2, 0) is 0 Å². The number of hydrogen-bond donors (Lipinski definition) is 0. The molecular weight excluding hydrogens is 759 g/mol. The molecular formula is C62H43N. The lowest BCUT2D eigenvalue weighted by Crippen LogP contribution is -2.12. The van der Waals surface area contributed by atoms with Crippen LogP contribution in [0.4, 0.5) is 17.1 Å². The van der Waals surface area contributed by atoms with E-state index in [-0.39, 0.29) is 0 Å². The first-order chi connectivity index (χ1) is 31.3. The molecule has 0 atom stereocenters. The second kappa shape index (κ2) is 16.7. The highest BCUT2D eigenvalue weighted by Gasteiger charge is 2.23. The van der Waals surface area contributed by atoms with Crippen molar-refractivity contribution in [1.29, 1.82) is 0 Å². The van der Waals surface area contributed by atoms with E-state index in [9.17, 15) is 0 Å². The van der Waals surface area contributed by atoms with E-state index in [1.165, 1.54) is 66.1 Å². The van der Waals surface area contributed by atoms with E-state index in [1.54, 1.807) is 0 Å². The van der Waals surface area contributed by atoms with E-state index < -0.39 is 0 Å². The first-order valence-electron chi connectivity index (χ1n) is 21.7. The van der Waals surface area contributed by atoms with Gasteiger partial charge >= 0.3 is 0 Å². The Morgan fingerprint density at radius 1 is 0.206 bits per heavy atom. The summed E-state index contributed by atoms with van der Waals surface area (Å²) in [4.78, 5) is 2.48. The average Bonchev–Trinajstić information content (AvgIpc) is 3.37. The Kier molecular flexibility index (Phi) is 9.97. The van der Waals surface area contributed by atoms with Crippen molar-refractivity contribution in [2.45, 2.75) is 0 Å². The van der Waals surface area contributed by atoms with E-state index in [0.717, 1.165) is 39.3 Å². The Hall–Kier alpha value is -8.26. The fourth-order valence-electron chi connectivity index (χ4n) is 9.28. The highest BCUT2D eigenvalue weighted by atomic mass is 15.1. The molecule has 11 rings (SSSR count). The van der Waals surface area contributed by atoms with Gasteiger partial charge in [-0.2, -0.15) is 0 Å². The zero-order chi connectivity index (χ0) is 42.0. The lowest BCUT2D eigenvalue weighted by Gasteiger charge is -2.30. The summed E-state index contributed by atoms with van der Waals surface area (Å²) in [6, 6.07) is 94.9. The van der Waals surface area contributed by atoms with Gasteiger partial charge < -0.3 is 4.90 Å². The Balaban J connectivity index is 1.24. The summed E-state index contributed by atoms with van der Waals surface area (Å²) in [5, 5.41) is 4.87. The number of benzene rings is 11. The molecule has 0 aliphatic rings. The third-order valence-electron chi connectivity index (χ3n) is 12.2. The topological polar surface area (TPSA) is 3.24 Å². The Morgan fingerprint density at radius 3 is 1.13 bits per heavy atom. The molecule has 1 heteroatoms. The quantitative estimate of drug-likeness (QED) is 0.131. The molecule has 296 valence electrons. The molecule has 0 fully saturated rings. The first-order valence-corrected chi connectivity index (χ1v) is 21.7. The second-order valence-corrected chi connectivity index (χ2v) is 16.1. The minimum Gasteiger partial charge on any atom is -0.310 e. The number of rotatable bonds is 9. The lowest BCUT2D eigenvalue weighted by molar-refractivity contribution is 1.29. The molecule has 1 nitrogen and oxygen atoms in total. The predicted octanol–water partition coefficient (Wildman–Crippen LogP) is 17.5. The van der Waals surface area contributed by atoms with E-state index in [2.05, 4.69) is 266 Å². The molecule has 0 aliphatic heterocycles. The van der Waals surface area contributed by atoms with Crippen molar-refractivity contribution >= 4 is 38.6 Å². The zero-order valence-corrected chi connectivity index (χ0v) is 34.8. The van der Waals surface area contributed by atoms with Gasteiger partial charge in [0.2, 0.25) is 0 Å². The maximum absolute atomic E-state index is 2.48. The van der Waals surface area contributed by atoms with Crippen LogP contribution in [0.2, 0.25) is 0 Å². The van der Waals surface area contributed by atoms with Crippen LogP contribution in [0.15, 0.2) is 261 Å². The monoisotopic (exact) mass is 801 g/mol. The van der Waals surface area contributed by atoms with Gasteiger partial charge in [0.05, 0.1) is 5.69 Å². The van der Waals surface area contributed by atoms with Gasteiger partial charge in [-0.25, -0.2) is 0 Å². The number of hydrogen-bond acceptors (Lipinski definition) is 1. The van der Waals surface area contributed by atoms with Crippen molar-refractivity contribution in [2.24, 2.45) is 0 Å². The molecule has 0 aromatic heterocycles. The van der Waals surface area contributed by atoms with Crippen LogP contribution < -0.4 is 4.90 Å². The van der Waals surface area contributed by atoms with Crippen LogP contribution in [0, 0.1) is 0 Å². The molecule has 63 heavy (non-hydrogen) atoms. The standard InChI is InChI=1S/C62H43N/c1-7-21-44(22-8-1)50-35-38-60(58(42-50)47-27-13-4-14-28-47)63(54-40-51(45-23-9-2-10-24-45)39-52(41-54)46-25-11-3-12-26-46)53-36-37-57-59(43-53)55-33-19-20-34-56(55)61(48-29-15-5-16-30-48)62(57)49-31-17-6-18-32-49/h1-43H. The maximum atomic E-state index is 2.48. The Labute approximate surface area is 369 Å². The number of fused-ring (bicyclic) bond motifs is 3. The summed E-state index contributed by atoms with van der Waals surface area (Å²) in [7, 11) is 0. The van der Waals surface area contributed by atoms with Gasteiger partial charge in [-0.05, 0) is 125 Å². The molecule has 0 unspecified atom stereocenters. The van der Waals surface area contributed by atoms with E-state index in [4.69, 9.17) is 0 Å². The third kappa shape index (κ3) is 7.26. The van der Waals surface area contributed by atoms with Crippen molar-refractivity contribution in [3.8, 4) is 66.8 Å². The second-order valence-electron chi connectivity index (χ2n) is 16.1.